The van der Waals surface area contributed by atoms with E-state index in [0.29, 0.717) is 29.6 Å². The van der Waals surface area contributed by atoms with Crippen molar-refractivity contribution in [2.75, 3.05) is 0 Å². The van der Waals surface area contributed by atoms with Crippen molar-refractivity contribution >= 4 is 27.5 Å². The lowest BCUT2D eigenvalue weighted by atomic mass is 9.86. The largest absolute Gasteiger partial charge is 0.459 e. The number of nitrogens with zero attached hydrogens (tertiary/aromatic N) is 2. The maximum absolute atomic E-state index is 12.1. The van der Waals surface area contributed by atoms with Gasteiger partial charge in [-0.2, -0.15) is 0 Å². The van der Waals surface area contributed by atoms with Gasteiger partial charge in [-0.05, 0) is 65.1 Å². The Kier molecular flexibility index (Phi) is 4.16. The number of carbonyl (C=O) groups is 1. The lowest BCUT2D eigenvalue weighted by Gasteiger charge is -2.20. The Morgan fingerprint density at radius 2 is 2.21 bits per heavy atom. The van der Waals surface area contributed by atoms with Gasteiger partial charge in [0.25, 0.3) is 5.56 Å². The van der Waals surface area contributed by atoms with Gasteiger partial charge < -0.3 is 4.74 Å². The predicted octanol–water partition coefficient (Wildman–Crippen LogP) is 3.33. The fourth-order valence-corrected chi connectivity index (χ4v) is 4.59. The zero-order valence-corrected chi connectivity index (χ0v) is 14.9. The molecule has 2 aromatic heterocycles. The van der Waals surface area contributed by atoms with E-state index in [1.54, 1.807) is 12.3 Å². The van der Waals surface area contributed by atoms with Gasteiger partial charge in [-0.15, -0.1) is 0 Å². The molecule has 0 aliphatic heterocycles. The molecule has 4 rings (SSSR count). The summed E-state index contributed by atoms with van der Waals surface area (Å²) < 4.78 is 7.64. The Hall–Kier alpha value is -1.69. The molecule has 2 bridgehead atoms. The fraction of sp³-hybridized carbons (Fsp3) is 0.500. The second-order valence-electron chi connectivity index (χ2n) is 6.96. The third-order valence-electron chi connectivity index (χ3n) is 5.37. The first-order valence-electron chi connectivity index (χ1n) is 8.42. The summed E-state index contributed by atoms with van der Waals surface area (Å²) in [6, 6.07) is 5.00. The van der Waals surface area contributed by atoms with Crippen LogP contribution in [0, 0.1) is 17.8 Å². The van der Waals surface area contributed by atoms with Gasteiger partial charge in [-0.3, -0.25) is 14.0 Å². The number of rotatable bonds is 4. The lowest BCUT2D eigenvalue weighted by molar-refractivity contribution is -0.146. The topological polar surface area (TPSA) is 60.7 Å². The lowest BCUT2D eigenvalue weighted by Crippen LogP contribution is -2.19. The van der Waals surface area contributed by atoms with Crippen molar-refractivity contribution in [2.24, 2.45) is 17.8 Å². The van der Waals surface area contributed by atoms with E-state index in [1.807, 2.05) is 6.07 Å². The standard InChI is InChI=1S/C18H19BrN2O3/c19-14-3-4-16-20-15(8-17(22)21(16)9-14)10-24-18(23)7-13-6-11-1-2-12(13)5-11/h3-4,8-9,11-13H,1-2,5-7,10H2/t11-,12-,13+/m1/s1. The van der Waals surface area contributed by atoms with Crippen LogP contribution < -0.4 is 5.56 Å². The number of halogens is 1. The van der Waals surface area contributed by atoms with Gasteiger partial charge in [-0.1, -0.05) is 6.42 Å². The van der Waals surface area contributed by atoms with E-state index in [4.69, 9.17) is 4.74 Å². The number of hydrogen-bond donors (Lipinski definition) is 0. The second kappa shape index (κ2) is 6.31. The Balaban J connectivity index is 1.40. The number of aromatic nitrogens is 2. The molecule has 0 saturated heterocycles. The van der Waals surface area contributed by atoms with E-state index in [2.05, 4.69) is 20.9 Å². The van der Waals surface area contributed by atoms with Crippen LogP contribution in [-0.4, -0.2) is 15.4 Å². The minimum absolute atomic E-state index is 0.0570. The molecule has 0 aromatic carbocycles. The van der Waals surface area contributed by atoms with Crippen LogP contribution in [0.4, 0.5) is 0 Å². The molecule has 0 amide bonds. The molecule has 0 unspecified atom stereocenters. The highest BCUT2D eigenvalue weighted by atomic mass is 79.9. The molecule has 2 heterocycles. The Morgan fingerprint density at radius 1 is 1.33 bits per heavy atom. The van der Waals surface area contributed by atoms with E-state index in [-0.39, 0.29) is 18.1 Å². The molecule has 2 aliphatic rings. The summed E-state index contributed by atoms with van der Waals surface area (Å²) in [6.07, 6.45) is 7.23. The first-order chi connectivity index (χ1) is 11.6. The van der Waals surface area contributed by atoms with Gasteiger partial charge in [-0.25, -0.2) is 4.98 Å². The molecule has 0 N–H and O–H groups in total. The Bertz CT molecular complexity index is 848. The molecule has 24 heavy (non-hydrogen) atoms. The van der Waals surface area contributed by atoms with E-state index in [1.165, 1.54) is 36.2 Å². The van der Waals surface area contributed by atoms with Gasteiger partial charge in [0.15, 0.2) is 0 Å². The van der Waals surface area contributed by atoms with E-state index < -0.39 is 0 Å². The number of ether oxygens (including phenoxy) is 1. The fourth-order valence-electron chi connectivity index (χ4n) is 4.25. The van der Waals surface area contributed by atoms with Crippen LogP contribution in [0.3, 0.4) is 0 Å². The van der Waals surface area contributed by atoms with Crippen molar-refractivity contribution in [3.8, 4) is 0 Å². The summed E-state index contributed by atoms with van der Waals surface area (Å²) in [5.74, 6) is 1.85. The van der Waals surface area contributed by atoms with Crippen molar-refractivity contribution in [1.82, 2.24) is 9.38 Å². The summed E-state index contributed by atoms with van der Waals surface area (Å²) in [7, 11) is 0. The second-order valence-corrected chi connectivity index (χ2v) is 7.88. The van der Waals surface area contributed by atoms with Crippen molar-refractivity contribution in [2.45, 2.75) is 38.7 Å². The molecule has 3 atom stereocenters. The minimum Gasteiger partial charge on any atom is -0.459 e. The Morgan fingerprint density at radius 3 is 2.96 bits per heavy atom. The van der Waals surface area contributed by atoms with Gasteiger partial charge in [0, 0.05) is 23.2 Å². The van der Waals surface area contributed by atoms with E-state index in [0.717, 1.165) is 10.4 Å². The Labute approximate surface area is 148 Å². The zero-order valence-electron chi connectivity index (χ0n) is 13.3. The number of esters is 1. The van der Waals surface area contributed by atoms with E-state index in [9.17, 15) is 9.59 Å². The van der Waals surface area contributed by atoms with Crippen LogP contribution in [0.1, 0.15) is 37.8 Å². The molecule has 2 aromatic rings. The molecule has 2 fully saturated rings. The highest BCUT2D eigenvalue weighted by molar-refractivity contribution is 9.10. The molecule has 126 valence electrons. The smallest absolute Gasteiger partial charge is 0.306 e. The van der Waals surface area contributed by atoms with Crippen molar-refractivity contribution in [3.05, 3.63) is 44.9 Å². The number of fused-ring (bicyclic) bond motifs is 3. The number of hydrogen-bond acceptors (Lipinski definition) is 4. The van der Waals surface area contributed by atoms with Crippen LogP contribution in [0.5, 0.6) is 0 Å². The SMILES string of the molecule is O=C(C[C@@H]1C[C@@H]2CC[C@@H]1C2)OCc1cc(=O)n2cc(Br)ccc2n1. The van der Waals surface area contributed by atoms with Crippen LogP contribution >= 0.6 is 15.9 Å². The average Bonchev–Trinajstić information content (AvgIpc) is 3.16. The molecule has 0 radical (unpaired) electrons. The zero-order chi connectivity index (χ0) is 16.7. The summed E-state index contributed by atoms with van der Waals surface area (Å²) in [5, 5.41) is 0. The quantitative estimate of drug-likeness (QED) is 0.751. The highest BCUT2D eigenvalue weighted by Crippen LogP contribution is 2.49. The van der Waals surface area contributed by atoms with Crippen molar-refractivity contribution < 1.29 is 9.53 Å². The van der Waals surface area contributed by atoms with Gasteiger partial charge in [0.1, 0.15) is 12.3 Å². The van der Waals surface area contributed by atoms with Crippen LogP contribution in [0.25, 0.3) is 5.65 Å². The molecule has 2 saturated carbocycles. The highest BCUT2D eigenvalue weighted by Gasteiger charge is 2.40. The maximum Gasteiger partial charge on any atom is 0.306 e. The first kappa shape index (κ1) is 15.8. The van der Waals surface area contributed by atoms with Gasteiger partial charge in [0.2, 0.25) is 0 Å². The maximum atomic E-state index is 12.1. The van der Waals surface area contributed by atoms with Gasteiger partial charge >= 0.3 is 5.97 Å². The van der Waals surface area contributed by atoms with Crippen LogP contribution in [-0.2, 0) is 16.1 Å². The third-order valence-corrected chi connectivity index (χ3v) is 5.84. The third kappa shape index (κ3) is 3.11. The molecule has 5 nitrogen and oxygen atoms in total. The minimum atomic E-state index is -0.180. The molecular formula is C18H19BrN2O3. The van der Waals surface area contributed by atoms with Crippen LogP contribution in [0.15, 0.2) is 33.7 Å². The summed E-state index contributed by atoms with van der Waals surface area (Å²) in [6.45, 7) is 0.0570. The normalized spacial score (nSPS) is 25.3. The van der Waals surface area contributed by atoms with Crippen molar-refractivity contribution in [1.29, 1.82) is 0 Å². The molecule has 0 spiro atoms. The summed E-state index contributed by atoms with van der Waals surface area (Å²) in [4.78, 5) is 28.6. The first-order valence-corrected chi connectivity index (χ1v) is 9.21. The predicted molar refractivity (Wildman–Crippen MR) is 92.5 cm³/mol. The molecule has 6 heteroatoms. The molecule has 2 aliphatic carbocycles. The summed E-state index contributed by atoms with van der Waals surface area (Å²) in [5.41, 5.74) is 0.855. The number of pyridine rings is 1. The molecular weight excluding hydrogens is 372 g/mol. The average molecular weight is 391 g/mol. The van der Waals surface area contributed by atoms with Crippen molar-refractivity contribution in [3.63, 3.8) is 0 Å². The summed E-state index contributed by atoms with van der Waals surface area (Å²) >= 11 is 3.33. The van der Waals surface area contributed by atoms with E-state index >= 15 is 0 Å². The number of carbonyl (C=O) groups excluding carboxylic acids is 1. The monoisotopic (exact) mass is 390 g/mol. The van der Waals surface area contributed by atoms with Crippen LogP contribution in [0.2, 0.25) is 0 Å². The van der Waals surface area contributed by atoms with Gasteiger partial charge in [0.05, 0.1) is 5.69 Å².